The molecule has 0 saturated heterocycles. The Morgan fingerprint density at radius 3 is 2.76 bits per heavy atom. The maximum absolute atomic E-state index is 8.93. The normalized spacial score (nSPS) is 11.3. The van der Waals surface area contributed by atoms with E-state index in [1.165, 1.54) is 16.5 Å². The van der Waals surface area contributed by atoms with Gasteiger partial charge in [-0.25, -0.2) is 0 Å². The molecule has 0 fully saturated rings. The van der Waals surface area contributed by atoms with Crippen LogP contribution in [0.25, 0.3) is 10.9 Å². The van der Waals surface area contributed by atoms with E-state index in [0.29, 0.717) is 0 Å². The first-order chi connectivity index (χ1) is 8.17. The molecule has 2 aromatic rings. The molecule has 1 aromatic heterocycles. The molecule has 2 rings (SSSR count). The Balaban J connectivity index is 2.57. The van der Waals surface area contributed by atoms with Crippen LogP contribution >= 0.6 is 11.6 Å². The zero-order valence-corrected chi connectivity index (χ0v) is 11.1. The lowest BCUT2D eigenvalue weighted by Crippen LogP contribution is -1.91. The van der Waals surface area contributed by atoms with E-state index < -0.39 is 0 Å². The second-order valence-electron chi connectivity index (χ2n) is 4.39. The Morgan fingerprint density at radius 2 is 2.12 bits per heavy atom. The summed E-state index contributed by atoms with van der Waals surface area (Å²) in [7, 11) is 0. The zero-order valence-electron chi connectivity index (χ0n) is 10.3. The van der Waals surface area contributed by atoms with Crippen molar-refractivity contribution >= 4 is 22.5 Å². The predicted molar refractivity (Wildman–Crippen MR) is 72.8 cm³/mol. The molecule has 3 heteroatoms. The second-order valence-corrected chi connectivity index (χ2v) is 4.79. The van der Waals surface area contributed by atoms with Crippen LogP contribution in [-0.4, -0.2) is 16.3 Å². The van der Waals surface area contributed by atoms with Crippen molar-refractivity contribution in [2.45, 2.75) is 33.2 Å². The number of aliphatic hydroxyl groups excluding tert-OH is 1. The standard InChI is InChI=1S/C14H18ClNO/c1-3-16-9-11(5-4-6-17)12-7-10(2)13(15)8-14(12)16/h7-9,17H,3-6H2,1-2H3. The van der Waals surface area contributed by atoms with E-state index in [0.717, 1.165) is 30.0 Å². The molecule has 0 amide bonds. The average Bonchev–Trinajstić information content (AvgIpc) is 2.65. The van der Waals surface area contributed by atoms with Crippen LogP contribution in [0.5, 0.6) is 0 Å². The summed E-state index contributed by atoms with van der Waals surface area (Å²) in [5.41, 5.74) is 3.60. The maximum Gasteiger partial charge on any atom is 0.0498 e. The topological polar surface area (TPSA) is 25.2 Å². The molecule has 0 aliphatic rings. The van der Waals surface area contributed by atoms with E-state index in [1.807, 2.05) is 13.0 Å². The van der Waals surface area contributed by atoms with Crippen LogP contribution in [0.4, 0.5) is 0 Å². The largest absolute Gasteiger partial charge is 0.396 e. The first-order valence-corrected chi connectivity index (χ1v) is 6.44. The first kappa shape index (κ1) is 12.5. The van der Waals surface area contributed by atoms with Gasteiger partial charge in [0.05, 0.1) is 0 Å². The van der Waals surface area contributed by atoms with Gasteiger partial charge in [0.1, 0.15) is 0 Å². The highest BCUT2D eigenvalue weighted by molar-refractivity contribution is 6.32. The first-order valence-electron chi connectivity index (χ1n) is 6.06. The van der Waals surface area contributed by atoms with Crippen molar-refractivity contribution < 1.29 is 5.11 Å². The molecule has 0 aliphatic heterocycles. The average molecular weight is 252 g/mol. The molecule has 0 aliphatic carbocycles. The van der Waals surface area contributed by atoms with Crippen LogP contribution in [0.2, 0.25) is 5.02 Å². The minimum Gasteiger partial charge on any atom is -0.396 e. The number of fused-ring (bicyclic) bond motifs is 1. The number of hydrogen-bond donors (Lipinski definition) is 1. The molecular formula is C14H18ClNO. The van der Waals surface area contributed by atoms with Gasteiger partial charge < -0.3 is 9.67 Å². The van der Waals surface area contributed by atoms with Gasteiger partial charge in [0.25, 0.3) is 0 Å². The SMILES string of the molecule is CCn1cc(CCCO)c2cc(C)c(Cl)cc21. The van der Waals surface area contributed by atoms with Crippen molar-refractivity contribution in [1.29, 1.82) is 0 Å². The Kier molecular flexibility index (Phi) is 3.75. The fourth-order valence-electron chi connectivity index (χ4n) is 2.22. The number of nitrogens with zero attached hydrogens (tertiary/aromatic N) is 1. The predicted octanol–water partition coefficient (Wildman–Crippen LogP) is 3.55. The minimum absolute atomic E-state index is 0.241. The highest BCUT2D eigenvalue weighted by Crippen LogP contribution is 2.28. The summed E-state index contributed by atoms with van der Waals surface area (Å²) in [6.45, 7) is 5.34. The lowest BCUT2D eigenvalue weighted by molar-refractivity contribution is 0.288. The van der Waals surface area contributed by atoms with Crippen molar-refractivity contribution in [2.75, 3.05) is 6.61 Å². The lowest BCUT2D eigenvalue weighted by Gasteiger charge is -2.03. The lowest BCUT2D eigenvalue weighted by atomic mass is 10.1. The number of halogens is 1. The third-order valence-corrected chi connectivity index (χ3v) is 3.60. The van der Waals surface area contributed by atoms with Crippen molar-refractivity contribution in [2.24, 2.45) is 0 Å². The minimum atomic E-state index is 0.241. The third-order valence-electron chi connectivity index (χ3n) is 3.19. The number of aromatic nitrogens is 1. The molecule has 17 heavy (non-hydrogen) atoms. The fourth-order valence-corrected chi connectivity index (χ4v) is 2.38. The summed E-state index contributed by atoms with van der Waals surface area (Å²) >= 11 is 6.18. The molecule has 0 atom stereocenters. The monoisotopic (exact) mass is 251 g/mol. The number of aryl methyl sites for hydroxylation is 3. The van der Waals surface area contributed by atoms with Gasteiger partial charge in [-0.05, 0) is 49.9 Å². The Hall–Kier alpha value is -0.990. The number of rotatable bonds is 4. The Morgan fingerprint density at radius 1 is 1.35 bits per heavy atom. The summed E-state index contributed by atoms with van der Waals surface area (Å²) < 4.78 is 2.22. The van der Waals surface area contributed by atoms with Gasteiger partial charge in [-0.15, -0.1) is 0 Å². The molecule has 1 N–H and O–H groups in total. The molecule has 0 spiro atoms. The van der Waals surface area contributed by atoms with E-state index in [1.54, 1.807) is 0 Å². The van der Waals surface area contributed by atoms with Crippen LogP contribution in [0.3, 0.4) is 0 Å². The molecule has 1 heterocycles. The van der Waals surface area contributed by atoms with E-state index in [9.17, 15) is 0 Å². The highest BCUT2D eigenvalue weighted by Gasteiger charge is 2.09. The van der Waals surface area contributed by atoms with Crippen LogP contribution in [0.15, 0.2) is 18.3 Å². The molecule has 0 bridgehead atoms. The van der Waals surface area contributed by atoms with Gasteiger partial charge in [-0.1, -0.05) is 11.6 Å². The molecular weight excluding hydrogens is 234 g/mol. The fraction of sp³-hybridized carbons (Fsp3) is 0.429. The summed E-state index contributed by atoms with van der Waals surface area (Å²) in [5, 5.41) is 11.0. The summed E-state index contributed by atoms with van der Waals surface area (Å²) in [4.78, 5) is 0. The van der Waals surface area contributed by atoms with E-state index >= 15 is 0 Å². The molecule has 92 valence electrons. The third kappa shape index (κ3) is 2.33. The Labute approximate surface area is 107 Å². The summed E-state index contributed by atoms with van der Waals surface area (Å²) in [5.74, 6) is 0. The second kappa shape index (κ2) is 5.11. The number of benzene rings is 1. The van der Waals surface area contributed by atoms with Crippen LogP contribution in [-0.2, 0) is 13.0 Å². The van der Waals surface area contributed by atoms with E-state index in [-0.39, 0.29) is 6.61 Å². The molecule has 1 aromatic carbocycles. The van der Waals surface area contributed by atoms with Gasteiger partial charge in [0.15, 0.2) is 0 Å². The van der Waals surface area contributed by atoms with Crippen molar-refractivity contribution in [1.82, 2.24) is 4.57 Å². The number of aliphatic hydroxyl groups is 1. The highest BCUT2D eigenvalue weighted by atomic mass is 35.5. The molecule has 0 radical (unpaired) electrons. The molecule has 2 nitrogen and oxygen atoms in total. The van der Waals surface area contributed by atoms with Crippen molar-refractivity contribution in [3.05, 3.63) is 34.5 Å². The zero-order chi connectivity index (χ0) is 12.4. The molecule has 0 saturated carbocycles. The summed E-state index contributed by atoms with van der Waals surface area (Å²) in [6.07, 6.45) is 3.90. The van der Waals surface area contributed by atoms with E-state index in [4.69, 9.17) is 16.7 Å². The Bertz CT molecular complexity index is 530. The van der Waals surface area contributed by atoms with Crippen LogP contribution in [0, 0.1) is 6.92 Å². The quantitative estimate of drug-likeness (QED) is 0.883. The van der Waals surface area contributed by atoms with Crippen molar-refractivity contribution in [3.8, 4) is 0 Å². The smallest absolute Gasteiger partial charge is 0.0498 e. The van der Waals surface area contributed by atoms with Gasteiger partial charge >= 0.3 is 0 Å². The molecule has 0 unspecified atom stereocenters. The van der Waals surface area contributed by atoms with Crippen LogP contribution in [0.1, 0.15) is 24.5 Å². The maximum atomic E-state index is 8.93. The number of hydrogen-bond acceptors (Lipinski definition) is 1. The summed E-state index contributed by atoms with van der Waals surface area (Å²) in [6, 6.07) is 4.19. The van der Waals surface area contributed by atoms with E-state index in [2.05, 4.69) is 23.8 Å². The van der Waals surface area contributed by atoms with Gasteiger partial charge in [-0.3, -0.25) is 0 Å². The van der Waals surface area contributed by atoms with Crippen LogP contribution < -0.4 is 0 Å². The van der Waals surface area contributed by atoms with Gasteiger partial charge in [0, 0.05) is 35.3 Å². The van der Waals surface area contributed by atoms with Gasteiger partial charge in [-0.2, -0.15) is 0 Å². The van der Waals surface area contributed by atoms with Gasteiger partial charge in [0.2, 0.25) is 0 Å². The van der Waals surface area contributed by atoms with Crippen molar-refractivity contribution in [3.63, 3.8) is 0 Å².